The molecule has 0 radical (unpaired) electrons. The van der Waals surface area contributed by atoms with E-state index >= 15 is 0 Å². The number of carbonyl (C=O) groups excluding carboxylic acids is 1. The van der Waals surface area contributed by atoms with Gasteiger partial charge >= 0.3 is 5.97 Å². The van der Waals surface area contributed by atoms with E-state index in [1.165, 1.54) is 30.3 Å². The number of hydrogen-bond acceptors (Lipinski definition) is 6. The maximum absolute atomic E-state index is 12.4. The van der Waals surface area contributed by atoms with Crippen molar-refractivity contribution in [3.63, 3.8) is 0 Å². The molecule has 29 heavy (non-hydrogen) atoms. The van der Waals surface area contributed by atoms with Crippen molar-refractivity contribution in [1.29, 1.82) is 0 Å². The highest BCUT2D eigenvalue weighted by molar-refractivity contribution is 7.91. The van der Waals surface area contributed by atoms with Gasteiger partial charge in [0.2, 0.25) is 0 Å². The predicted molar refractivity (Wildman–Crippen MR) is 107 cm³/mol. The monoisotopic (exact) mass is 409 g/mol. The summed E-state index contributed by atoms with van der Waals surface area (Å²) in [7, 11) is -3.60. The van der Waals surface area contributed by atoms with Crippen molar-refractivity contribution in [3.05, 3.63) is 82.4 Å². The molecule has 0 aliphatic carbocycles. The van der Waals surface area contributed by atoms with Crippen molar-refractivity contribution in [2.24, 2.45) is 0 Å². The summed E-state index contributed by atoms with van der Waals surface area (Å²) in [4.78, 5) is 22.1. The van der Waals surface area contributed by atoms with E-state index < -0.39 is 26.5 Å². The van der Waals surface area contributed by atoms with E-state index in [0.29, 0.717) is 0 Å². The molecule has 0 amide bonds. The molecule has 3 aromatic carbocycles. The molecule has 0 aliphatic heterocycles. The average molecular weight is 409 g/mol. The average Bonchev–Trinajstić information content (AvgIpc) is 2.73. The van der Waals surface area contributed by atoms with E-state index in [4.69, 9.17) is 4.74 Å². The quantitative estimate of drug-likeness (QED) is 0.277. The highest BCUT2D eigenvalue weighted by Crippen LogP contribution is 2.19. The van der Waals surface area contributed by atoms with E-state index in [0.717, 1.165) is 10.8 Å². The number of carbonyl (C=O) groups is 1. The standard InChI is InChI=1S/C21H15NO6S/c23-21(17-7-10-19(11-8-17)22(24)25)28-13-3-4-14-29(26,27)20-12-9-16-5-1-2-6-18(16)15-20/h1-2,5-12,15H,13-14H2. The number of ether oxygens (including phenoxy) is 1. The maximum atomic E-state index is 12.4. The van der Waals surface area contributed by atoms with Gasteiger partial charge in [0.1, 0.15) is 5.75 Å². The van der Waals surface area contributed by atoms with Gasteiger partial charge in [-0.15, -0.1) is 0 Å². The first kappa shape index (κ1) is 20.0. The summed E-state index contributed by atoms with van der Waals surface area (Å²) < 4.78 is 29.8. The van der Waals surface area contributed by atoms with Crippen LogP contribution in [0.5, 0.6) is 0 Å². The van der Waals surface area contributed by atoms with E-state index in [-0.39, 0.29) is 22.8 Å². The van der Waals surface area contributed by atoms with Crippen LogP contribution in [0.4, 0.5) is 5.69 Å². The second kappa shape index (κ2) is 8.54. The Morgan fingerprint density at radius 1 is 0.966 bits per heavy atom. The molecule has 3 aromatic rings. The molecule has 0 saturated heterocycles. The van der Waals surface area contributed by atoms with Crippen LogP contribution in [0.25, 0.3) is 10.8 Å². The second-order valence-corrected chi connectivity index (χ2v) is 7.99. The summed E-state index contributed by atoms with van der Waals surface area (Å²) >= 11 is 0. The topological polar surface area (TPSA) is 104 Å². The summed E-state index contributed by atoms with van der Waals surface area (Å²) in [5.41, 5.74) is 0.00132. The minimum atomic E-state index is -3.60. The van der Waals surface area contributed by atoms with Crippen LogP contribution < -0.4 is 0 Å². The van der Waals surface area contributed by atoms with Crippen molar-refractivity contribution in [1.82, 2.24) is 0 Å². The van der Waals surface area contributed by atoms with Gasteiger partial charge < -0.3 is 4.74 Å². The van der Waals surface area contributed by atoms with Crippen molar-refractivity contribution in [3.8, 4) is 11.8 Å². The third-order valence-electron chi connectivity index (χ3n) is 4.06. The Hall–Kier alpha value is -3.70. The Morgan fingerprint density at radius 2 is 1.66 bits per heavy atom. The summed E-state index contributed by atoms with van der Waals surface area (Å²) in [6.45, 7) is -0.289. The lowest BCUT2D eigenvalue weighted by molar-refractivity contribution is -0.384. The zero-order valence-electron chi connectivity index (χ0n) is 15.1. The fraction of sp³-hybridized carbons (Fsp3) is 0.0952. The molecule has 0 aromatic heterocycles. The van der Waals surface area contributed by atoms with Gasteiger partial charge in [-0.3, -0.25) is 10.1 Å². The number of hydrogen-bond donors (Lipinski definition) is 0. The van der Waals surface area contributed by atoms with Crippen molar-refractivity contribution in [2.45, 2.75) is 4.90 Å². The lowest BCUT2D eigenvalue weighted by atomic mass is 10.1. The Morgan fingerprint density at radius 3 is 2.34 bits per heavy atom. The molecular weight excluding hydrogens is 394 g/mol. The fourth-order valence-corrected chi connectivity index (χ4v) is 3.59. The highest BCUT2D eigenvalue weighted by Gasteiger charge is 2.13. The van der Waals surface area contributed by atoms with Crippen LogP contribution in [0.1, 0.15) is 10.4 Å². The van der Waals surface area contributed by atoms with Gasteiger partial charge in [-0.1, -0.05) is 42.2 Å². The summed E-state index contributed by atoms with van der Waals surface area (Å²) in [5, 5.41) is 12.4. The number of nitrogens with zero attached hydrogens (tertiary/aromatic N) is 1. The molecule has 0 heterocycles. The number of fused-ring (bicyclic) bond motifs is 1. The number of non-ortho nitro benzene ring substituents is 1. The second-order valence-electron chi connectivity index (χ2n) is 6.00. The van der Waals surface area contributed by atoms with Crippen LogP contribution in [-0.2, 0) is 14.6 Å². The molecule has 0 spiro atoms. The number of sulfone groups is 1. The van der Waals surface area contributed by atoms with Crippen LogP contribution in [0.2, 0.25) is 0 Å². The van der Waals surface area contributed by atoms with Crippen molar-refractivity contribution < 1.29 is 22.9 Å². The number of esters is 1. The first-order chi connectivity index (χ1) is 13.9. The van der Waals surface area contributed by atoms with Crippen molar-refractivity contribution >= 4 is 32.3 Å². The van der Waals surface area contributed by atoms with Gasteiger partial charge in [-0.05, 0) is 35.0 Å². The molecule has 146 valence electrons. The minimum Gasteiger partial charge on any atom is -0.449 e. The zero-order chi connectivity index (χ0) is 20.9. The Bertz CT molecular complexity index is 1240. The molecule has 7 nitrogen and oxygen atoms in total. The molecule has 0 N–H and O–H groups in total. The van der Waals surface area contributed by atoms with Gasteiger partial charge in [0, 0.05) is 12.1 Å². The molecule has 0 saturated carbocycles. The normalized spacial score (nSPS) is 10.8. The Kier molecular flexibility index (Phi) is 5.90. The summed E-state index contributed by atoms with van der Waals surface area (Å²) in [6.07, 6.45) is 0. The number of benzene rings is 3. The first-order valence-corrected chi connectivity index (χ1v) is 10.1. The third kappa shape index (κ3) is 4.97. The molecule has 0 atom stereocenters. The number of nitro groups is 1. The van der Waals surface area contributed by atoms with E-state index in [9.17, 15) is 23.3 Å². The molecule has 0 unspecified atom stereocenters. The van der Waals surface area contributed by atoms with Crippen LogP contribution in [0, 0.1) is 22.0 Å². The van der Waals surface area contributed by atoms with E-state index in [1.807, 2.05) is 24.3 Å². The fourth-order valence-electron chi connectivity index (χ4n) is 2.55. The smallest absolute Gasteiger partial charge is 0.339 e. The first-order valence-electron chi connectivity index (χ1n) is 8.46. The third-order valence-corrected chi connectivity index (χ3v) is 5.55. The molecule has 0 aliphatic rings. The molecular formula is C21H15NO6S. The molecule has 8 heteroatoms. The Labute approximate surface area is 167 Å². The minimum absolute atomic E-state index is 0.139. The zero-order valence-corrected chi connectivity index (χ0v) is 15.9. The van der Waals surface area contributed by atoms with Crippen LogP contribution in [0.15, 0.2) is 71.6 Å². The number of nitro benzene ring substituents is 1. The van der Waals surface area contributed by atoms with Gasteiger partial charge in [0.25, 0.3) is 5.69 Å². The Balaban J connectivity index is 1.58. The van der Waals surface area contributed by atoms with E-state index in [1.54, 1.807) is 12.1 Å². The van der Waals surface area contributed by atoms with Gasteiger partial charge in [-0.2, -0.15) is 0 Å². The van der Waals surface area contributed by atoms with Crippen LogP contribution in [-0.4, -0.2) is 31.7 Å². The SMILES string of the molecule is O=C(OCC#CCS(=O)(=O)c1ccc2ccccc2c1)c1ccc([N+](=O)[O-])cc1. The van der Waals surface area contributed by atoms with Gasteiger partial charge in [0.05, 0.1) is 15.4 Å². The van der Waals surface area contributed by atoms with Gasteiger partial charge in [-0.25, -0.2) is 13.2 Å². The largest absolute Gasteiger partial charge is 0.449 e. The molecule has 0 fully saturated rings. The lowest BCUT2D eigenvalue weighted by Gasteiger charge is -2.03. The highest BCUT2D eigenvalue weighted by atomic mass is 32.2. The molecule has 3 rings (SSSR count). The van der Waals surface area contributed by atoms with Crippen molar-refractivity contribution in [2.75, 3.05) is 12.4 Å². The molecule has 0 bridgehead atoms. The summed E-state index contributed by atoms with van der Waals surface area (Å²) in [5.74, 6) is 3.89. The predicted octanol–water partition coefficient (Wildman–Crippen LogP) is 3.38. The van der Waals surface area contributed by atoms with Crippen LogP contribution in [0.3, 0.4) is 0 Å². The maximum Gasteiger partial charge on any atom is 0.339 e. The number of rotatable bonds is 5. The van der Waals surface area contributed by atoms with E-state index in [2.05, 4.69) is 11.8 Å². The van der Waals surface area contributed by atoms with Crippen LogP contribution >= 0.6 is 0 Å². The lowest BCUT2D eigenvalue weighted by Crippen LogP contribution is -2.07. The van der Waals surface area contributed by atoms with Gasteiger partial charge in [0.15, 0.2) is 16.4 Å². The summed E-state index contributed by atoms with van der Waals surface area (Å²) in [6, 6.07) is 17.2.